The van der Waals surface area contributed by atoms with E-state index in [9.17, 15) is 13.2 Å². The molecule has 110 valence electrons. The van der Waals surface area contributed by atoms with Crippen molar-refractivity contribution in [3.8, 4) is 0 Å². The molecule has 2 nitrogen and oxygen atoms in total. The lowest BCUT2D eigenvalue weighted by atomic mass is 10.0. The van der Waals surface area contributed by atoms with Crippen LogP contribution >= 0.6 is 0 Å². The number of rotatable bonds is 2. The molecule has 2 unspecified atom stereocenters. The number of hydrogen-bond donors (Lipinski definition) is 0. The molecule has 2 heterocycles. The van der Waals surface area contributed by atoms with Crippen molar-refractivity contribution in [2.24, 2.45) is 0 Å². The fourth-order valence-electron chi connectivity index (χ4n) is 3.46. The Bertz CT molecular complexity index is 483. The summed E-state index contributed by atoms with van der Waals surface area (Å²) in [7, 11) is 0. The Morgan fingerprint density at radius 2 is 1.85 bits per heavy atom. The molecule has 2 aliphatic heterocycles. The summed E-state index contributed by atoms with van der Waals surface area (Å²) in [6, 6.07) is 2.92. The zero-order chi connectivity index (χ0) is 14.3. The monoisotopic (exact) mass is 284 g/mol. The molecule has 2 atom stereocenters. The summed E-state index contributed by atoms with van der Waals surface area (Å²) in [6.45, 7) is 4.87. The van der Waals surface area contributed by atoms with E-state index < -0.39 is 17.5 Å². The maximum Gasteiger partial charge on any atom is 0.194 e. The summed E-state index contributed by atoms with van der Waals surface area (Å²) in [4.78, 5) is 4.50. The molecule has 0 saturated carbocycles. The average molecular weight is 284 g/mol. The smallest absolute Gasteiger partial charge is 0.194 e. The Hall–Kier alpha value is -1.23. The number of halogens is 3. The van der Waals surface area contributed by atoms with E-state index >= 15 is 0 Å². The first-order valence-corrected chi connectivity index (χ1v) is 7.25. The van der Waals surface area contributed by atoms with Crippen molar-refractivity contribution in [1.82, 2.24) is 4.90 Å². The summed E-state index contributed by atoms with van der Waals surface area (Å²) >= 11 is 0. The van der Waals surface area contributed by atoms with Crippen LogP contribution in [0.25, 0.3) is 0 Å². The summed E-state index contributed by atoms with van der Waals surface area (Å²) in [5.41, 5.74) is 0.458. The van der Waals surface area contributed by atoms with Crippen LogP contribution in [-0.4, -0.2) is 36.6 Å². The Morgan fingerprint density at radius 3 is 2.50 bits per heavy atom. The molecular formula is C15H19F3N2. The molecule has 2 aliphatic rings. The molecule has 0 aromatic heterocycles. The third kappa shape index (κ3) is 2.28. The van der Waals surface area contributed by atoms with Gasteiger partial charge in [0.05, 0.1) is 0 Å². The van der Waals surface area contributed by atoms with Gasteiger partial charge in [0, 0.05) is 43.0 Å². The van der Waals surface area contributed by atoms with Gasteiger partial charge >= 0.3 is 0 Å². The topological polar surface area (TPSA) is 6.48 Å². The van der Waals surface area contributed by atoms with Crippen molar-refractivity contribution in [3.63, 3.8) is 0 Å². The Labute approximate surface area is 117 Å². The normalized spacial score (nSPS) is 26.9. The van der Waals surface area contributed by atoms with Gasteiger partial charge in [-0.05, 0) is 25.8 Å². The van der Waals surface area contributed by atoms with Crippen LogP contribution in [0.2, 0.25) is 0 Å². The largest absolute Gasteiger partial charge is 0.366 e. The van der Waals surface area contributed by atoms with Gasteiger partial charge < -0.3 is 4.90 Å². The first-order valence-electron chi connectivity index (χ1n) is 7.25. The summed E-state index contributed by atoms with van der Waals surface area (Å²) in [5, 5.41) is 0. The van der Waals surface area contributed by atoms with Crippen LogP contribution in [0.4, 0.5) is 18.9 Å². The molecule has 2 saturated heterocycles. The number of fused-ring (bicyclic) bond motifs is 1. The average Bonchev–Trinajstić information content (AvgIpc) is 2.89. The van der Waals surface area contributed by atoms with E-state index in [0.29, 0.717) is 11.7 Å². The van der Waals surface area contributed by atoms with Crippen molar-refractivity contribution in [2.75, 3.05) is 24.5 Å². The van der Waals surface area contributed by atoms with Crippen molar-refractivity contribution in [2.45, 2.75) is 38.3 Å². The van der Waals surface area contributed by atoms with Gasteiger partial charge in [0.1, 0.15) is 0 Å². The van der Waals surface area contributed by atoms with E-state index in [1.165, 1.54) is 6.42 Å². The first-order chi connectivity index (χ1) is 9.60. The van der Waals surface area contributed by atoms with Crippen LogP contribution in [0.5, 0.6) is 0 Å². The van der Waals surface area contributed by atoms with E-state index in [4.69, 9.17) is 0 Å². The second-order valence-corrected chi connectivity index (χ2v) is 5.73. The van der Waals surface area contributed by atoms with Gasteiger partial charge in [-0.25, -0.2) is 13.2 Å². The minimum absolute atomic E-state index is 0.230. The maximum atomic E-state index is 13.4. The molecule has 0 spiro atoms. The second kappa shape index (κ2) is 5.28. The van der Waals surface area contributed by atoms with Crippen molar-refractivity contribution in [1.29, 1.82) is 0 Å². The lowest BCUT2D eigenvalue weighted by Crippen LogP contribution is -2.56. The van der Waals surface area contributed by atoms with E-state index in [2.05, 4.69) is 11.8 Å². The third-order valence-corrected chi connectivity index (χ3v) is 4.56. The Kier molecular flexibility index (Phi) is 3.63. The van der Waals surface area contributed by atoms with E-state index in [1.807, 2.05) is 4.90 Å². The Morgan fingerprint density at radius 1 is 1.15 bits per heavy atom. The van der Waals surface area contributed by atoms with Crippen LogP contribution in [0.1, 0.15) is 26.2 Å². The third-order valence-electron chi connectivity index (χ3n) is 4.56. The number of benzene rings is 1. The molecule has 3 rings (SSSR count). The van der Waals surface area contributed by atoms with Gasteiger partial charge in [0.15, 0.2) is 17.5 Å². The molecule has 0 N–H and O–H groups in total. The van der Waals surface area contributed by atoms with Crippen LogP contribution in [0.15, 0.2) is 12.1 Å². The van der Waals surface area contributed by atoms with Gasteiger partial charge in [-0.3, -0.25) is 4.90 Å². The first kappa shape index (κ1) is 13.7. The molecule has 0 bridgehead atoms. The van der Waals surface area contributed by atoms with E-state index in [-0.39, 0.29) is 6.04 Å². The molecule has 2 fully saturated rings. The molecular weight excluding hydrogens is 265 g/mol. The molecule has 1 aromatic rings. The zero-order valence-electron chi connectivity index (χ0n) is 11.6. The summed E-state index contributed by atoms with van der Waals surface area (Å²) in [6.07, 6.45) is 3.21. The molecule has 0 radical (unpaired) electrons. The SMILES string of the molecule is CCC1CN2CCCC2CN1c1cc(F)c(F)c(F)c1. The van der Waals surface area contributed by atoms with Crippen LogP contribution in [-0.2, 0) is 0 Å². The quantitative estimate of drug-likeness (QED) is 0.770. The predicted octanol–water partition coefficient (Wildman–Crippen LogP) is 3.17. The van der Waals surface area contributed by atoms with Crippen molar-refractivity contribution in [3.05, 3.63) is 29.6 Å². The fourth-order valence-corrected chi connectivity index (χ4v) is 3.46. The Balaban J connectivity index is 1.91. The van der Waals surface area contributed by atoms with Crippen LogP contribution in [0, 0.1) is 17.5 Å². The van der Waals surface area contributed by atoms with E-state index in [0.717, 1.165) is 44.6 Å². The predicted molar refractivity (Wildman–Crippen MR) is 72.3 cm³/mol. The highest BCUT2D eigenvalue weighted by Crippen LogP contribution is 2.31. The highest BCUT2D eigenvalue weighted by Gasteiger charge is 2.36. The fraction of sp³-hybridized carbons (Fsp3) is 0.600. The molecule has 0 aliphatic carbocycles. The van der Waals surface area contributed by atoms with Gasteiger partial charge in [-0.15, -0.1) is 0 Å². The van der Waals surface area contributed by atoms with Crippen LogP contribution in [0.3, 0.4) is 0 Å². The lowest BCUT2D eigenvalue weighted by Gasteiger charge is -2.44. The molecule has 1 aromatic carbocycles. The number of nitrogens with zero attached hydrogens (tertiary/aromatic N) is 2. The second-order valence-electron chi connectivity index (χ2n) is 5.73. The highest BCUT2D eigenvalue weighted by atomic mass is 19.2. The zero-order valence-corrected chi connectivity index (χ0v) is 11.6. The van der Waals surface area contributed by atoms with Crippen LogP contribution < -0.4 is 4.90 Å². The number of anilines is 1. The van der Waals surface area contributed by atoms with Gasteiger partial charge in [-0.1, -0.05) is 6.92 Å². The standard InChI is InChI=1S/C15H19F3N2/c1-2-10-8-19-5-3-4-11(19)9-20(10)12-6-13(16)15(18)14(17)7-12/h6-7,10-11H,2-5,8-9H2,1H3. The minimum Gasteiger partial charge on any atom is -0.366 e. The minimum atomic E-state index is -1.39. The van der Waals surface area contributed by atoms with Crippen molar-refractivity contribution < 1.29 is 13.2 Å². The summed E-state index contributed by atoms with van der Waals surface area (Å²) < 4.78 is 40.0. The van der Waals surface area contributed by atoms with Gasteiger partial charge in [-0.2, -0.15) is 0 Å². The number of piperazine rings is 1. The maximum absolute atomic E-state index is 13.4. The van der Waals surface area contributed by atoms with Gasteiger partial charge in [0.25, 0.3) is 0 Å². The van der Waals surface area contributed by atoms with E-state index in [1.54, 1.807) is 0 Å². The molecule has 20 heavy (non-hydrogen) atoms. The number of hydrogen-bond acceptors (Lipinski definition) is 2. The van der Waals surface area contributed by atoms with Crippen molar-refractivity contribution >= 4 is 5.69 Å². The molecule has 5 heteroatoms. The lowest BCUT2D eigenvalue weighted by molar-refractivity contribution is 0.194. The van der Waals surface area contributed by atoms with Gasteiger partial charge in [0.2, 0.25) is 0 Å². The molecule has 0 amide bonds. The highest BCUT2D eigenvalue weighted by molar-refractivity contribution is 5.49. The summed E-state index contributed by atoms with van der Waals surface area (Å²) in [5.74, 6) is -3.60.